The number of halogens is 4. The van der Waals surface area contributed by atoms with Gasteiger partial charge in [0, 0.05) is 38.4 Å². The van der Waals surface area contributed by atoms with Crippen LogP contribution >= 0.6 is 12.4 Å². The van der Waals surface area contributed by atoms with Crippen molar-refractivity contribution in [3.63, 3.8) is 0 Å². The van der Waals surface area contributed by atoms with Crippen LogP contribution in [0, 0.1) is 0 Å². The molecule has 3 rings (SSSR count). The van der Waals surface area contributed by atoms with Crippen LogP contribution < -0.4 is 4.90 Å². The quantitative estimate of drug-likeness (QED) is 0.740. The van der Waals surface area contributed by atoms with Crippen LogP contribution in [0.5, 0.6) is 0 Å². The fourth-order valence-corrected chi connectivity index (χ4v) is 3.76. The summed E-state index contributed by atoms with van der Waals surface area (Å²) in [7, 11) is 0. The second-order valence-electron chi connectivity index (χ2n) is 7.55. The van der Waals surface area contributed by atoms with Gasteiger partial charge in [-0.25, -0.2) is 4.98 Å². The van der Waals surface area contributed by atoms with Crippen molar-refractivity contribution in [2.45, 2.75) is 64.0 Å². The molecule has 1 aromatic heterocycles. The molecule has 0 N–H and O–H groups in total. The molecule has 0 unspecified atom stereocenters. The highest BCUT2D eigenvalue weighted by Crippen LogP contribution is 2.30. The molecule has 2 fully saturated rings. The van der Waals surface area contributed by atoms with Crippen LogP contribution in [0.3, 0.4) is 0 Å². The minimum atomic E-state index is -4.34. The van der Waals surface area contributed by atoms with Gasteiger partial charge in [0.2, 0.25) is 0 Å². The zero-order valence-electron chi connectivity index (χ0n) is 15.9. The first kappa shape index (κ1) is 22.2. The number of piperidine rings is 2. The van der Waals surface area contributed by atoms with E-state index in [-0.39, 0.29) is 18.5 Å². The molecule has 0 atom stereocenters. The van der Waals surface area contributed by atoms with E-state index in [0.29, 0.717) is 18.0 Å². The average molecular weight is 408 g/mol. The molecule has 0 amide bonds. The molecular weight excluding hydrogens is 379 g/mol. The molecule has 3 heterocycles. The fraction of sp³-hybridized carbons (Fsp3) is 0.737. The highest BCUT2D eigenvalue weighted by Gasteiger charge is 2.31. The van der Waals surface area contributed by atoms with E-state index in [0.717, 1.165) is 64.1 Å². The van der Waals surface area contributed by atoms with Gasteiger partial charge >= 0.3 is 6.18 Å². The summed E-state index contributed by atoms with van der Waals surface area (Å²) in [5.74, 6) is 0.613. The lowest BCUT2D eigenvalue weighted by atomic mass is 10.0. The second-order valence-corrected chi connectivity index (χ2v) is 7.55. The highest BCUT2D eigenvalue weighted by molar-refractivity contribution is 5.85. The van der Waals surface area contributed by atoms with Crippen molar-refractivity contribution in [3.05, 3.63) is 23.9 Å². The van der Waals surface area contributed by atoms with Crippen molar-refractivity contribution in [1.29, 1.82) is 0 Å². The molecule has 27 heavy (non-hydrogen) atoms. The Balaban J connectivity index is 0.00000261. The van der Waals surface area contributed by atoms with Crippen LogP contribution in [-0.4, -0.2) is 54.3 Å². The number of hydrogen-bond acceptors (Lipinski definition) is 4. The smallest absolute Gasteiger partial charge is 0.375 e. The molecule has 0 bridgehead atoms. The third-order valence-corrected chi connectivity index (χ3v) is 5.43. The van der Waals surface area contributed by atoms with Gasteiger partial charge in [0.15, 0.2) is 0 Å². The number of alkyl halides is 3. The van der Waals surface area contributed by atoms with Gasteiger partial charge in [-0.2, -0.15) is 13.2 Å². The normalized spacial score (nSPS) is 20.7. The molecule has 0 spiro atoms. The van der Waals surface area contributed by atoms with E-state index in [4.69, 9.17) is 4.74 Å². The summed E-state index contributed by atoms with van der Waals surface area (Å²) < 4.78 is 44.2. The number of anilines is 1. The maximum Gasteiger partial charge on any atom is 0.417 e. The van der Waals surface area contributed by atoms with Crippen molar-refractivity contribution >= 4 is 18.2 Å². The lowest BCUT2D eigenvalue weighted by molar-refractivity contribution is -0.137. The first-order chi connectivity index (χ1) is 12.3. The van der Waals surface area contributed by atoms with Crippen LogP contribution in [-0.2, 0) is 10.9 Å². The predicted molar refractivity (Wildman–Crippen MR) is 103 cm³/mol. The van der Waals surface area contributed by atoms with E-state index < -0.39 is 11.7 Å². The number of pyridine rings is 1. The molecule has 0 radical (unpaired) electrons. The molecule has 154 valence electrons. The summed E-state index contributed by atoms with van der Waals surface area (Å²) in [6.45, 7) is 8.19. The number of likely N-dealkylation sites (tertiary alicyclic amines) is 1. The monoisotopic (exact) mass is 407 g/mol. The van der Waals surface area contributed by atoms with Gasteiger partial charge in [-0.05, 0) is 51.7 Å². The average Bonchev–Trinajstić information content (AvgIpc) is 2.62. The van der Waals surface area contributed by atoms with Gasteiger partial charge in [0.25, 0.3) is 0 Å². The SMILES string of the molecule is CC(C)N1CCC(OC2CCN(c3ccc(C(F)(F)F)cn3)CC2)CC1.Cl. The van der Waals surface area contributed by atoms with Gasteiger partial charge in [0.05, 0.1) is 17.8 Å². The van der Waals surface area contributed by atoms with Crippen LogP contribution in [0.4, 0.5) is 19.0 Å². The maximum atomic E-state index is 12.6. The Morgan fingerprint density at radius 1 is 1.00 bits per heavy atom. The minimum absolute atomic E-state index is 0. The van der Waals surface area contributed by atoms with Crippen LogP contribution in [0.25, 0.3) is 0 Å². The van der Waals surface area contributed by atoms with Gasteiger partial charge in [-0.15, -0.1) is 12.4 Å². The molecular formula is C19H29ClF3N3O. The highest BCUT2D eigenvalue weighted by atomic mass is 35.5. The fourth-order valence-electron chi connectivity index (χ4n) is 3.76. The zero-order valence-corrected chi connectivity index (χ0v) is 16.7. The lowest BCUT2D eigenvalue weighted by Gasteiger charge is -2.38. The van der Waals surface area contributed by atoms with Gasteiger partial charge in [-0.3, -0.25) is 0 Å². The summed E-state index contributed by atoms with van der Waals surface area (Å²) in [5, 5.41) is 0. The zero-order chi connectivity index (χ0) is 18.7. The van der Waals surface area contributed by atoms with E-state index in [1.165, 1.54) is 6.07 Å². The third kappa shape index (κ3) is 5.96. The van der Waals surface area contributed by atoms with Gasteiger partial charge in [-0.1, -0.05) is 0 Å². The largest absolute Gasteiger partial charge is 0.417 e. The van der Waals surface area contributed by atoms with Crippen molar-refractivity contribution in [2.75, 3.05) is 31.1 Å². The minimum Gasteiger partial charge on any atom is -0.375 e. The van der Waals surface area contributed by atoms with Gasteiger partial charge in [0.1, 0.15) is 5.82 Å². The van der Waals surface area contributed by atoms with Gasteiger partial charge < -0.3 is 14.5 Å². The molecule has 0 aliphatic carbocycles. The van der Waals surface area contributed by atoms with Crippen LogP contribution in [0.15, 0.2) is 18.3 Å². The second kappa shape index (κ2) is 9.43. The molecule has 0 saturated carbocycles. The van der Waals surface area contributed by atoms with E-state index in [2.05, 4.69) is 23.7 Å². The molecule has 1 aromatic rings. The summed E-state index contributed by atoms with van der Waals surface area (Å²) in [6, 6.07) is 3.16. The maximum absolute atomic E-state index is 12.6. The summed E-state index contributed by atoms with van der Waals surface area (Å²) in [5.41, 5.74) is -0.702. The van der Waals surface area contributed by atoms with E-state index >= 15 is 0 Å². The first-order valence-corrected chi connectivity index (χ1v) is 9.50. The number of rotatable bonds is 4. The number of hydrogen-bond donors (Lipinski definition) is 0. The molecule has 4 nitrogen and oxygen atoms in total. The lowest BCUT2D eigenvalue weighted by Crippen LogP contribution is -2.44. The predicted octanol–water partition coefficient (Wildman–Crippen LogP) is 4.38. The van der Waals surface area contributed by atoms with E-state index in [9.17, 15) is 13.2 Å². The standard InChI is InChI=1S/C19H28F3N3O.ClH/c1-14(2)24-9-5-16(6-10-24)26-17-7-11-25(12-8-17)18-4-3-15(13-23-18)19(20,21)22;/h3-4,13-14,16-17H,5-12H2,1-2H3;1H. The third-order valence-electron chi connectivity index (χ3n) is 5.43. The topological polar surface area (TPSA) is 28.6 Å². The summed E-state index contributed by atoms with van der Waals surface area (Å²) in [4.78, 5) is 8.52. The Labute approximate surface area is 165 Å². The molecule has 0 aromatic carbocycles. The van der Waals surface area contributed by atoms with Crippen molar-refractivity contribution in [2.24, 2.45) is 0 Å². The Bertz CT molecular complexity index is 567. The first-order valence-electron chi connectivity index (χ1n) is 9.50. The Morgan fingerprint density at radius 2 is 1.56 bits per heavy atom. The Hall–Kier alpha value is -1.05. The van der Waals surface area contributed by atoms with Crippen molar-refractivity contribution in [1.82, 2.24) is 9.88 Å². The molecule has 2 aliphatic rings. The summed E-state index contributed by atoms with van der Waals surface area (Å²) >= 11 is 0. The van der Waals surface area contributed by atoms with Crippen molar-refractivity contribution < 1.29 is 17.9 Å². The molecule has 8 heteroatoms. The van der Waals surface area contributed by atoms with Crippen LogP contribution in [0.1, 0.15) is 45.1 Å². The van der Waals surface area contributed by atoms with E-state index in [1.807, 2.05) is 4.90 Å². The van der Waals surface area contributed by atoms with Crippen LogP contribution in [0.2, 0.25) is 0 Å². The molecule has 2 aliphatic heterocycles. The molecule has 2 saturated heterocycles. The number of nitrogens with zero attached hydrogens (tertiary/aromatic N) is 3. The number of aromatic nitrogens is 1. The Kier molecular flexibility index (Phi) is 7.77. The summed E-state index contributed by atoms with van der Waals surface area (Å²) in [6.07, 6.45) is 1.12. The Morgan fingerprint density at radius 3 is 2.00 bits per heavy atom. The van der Waals surface area contributed by atoms with Crippen molar-refractivity contribution in [3.8, 4) is 0 Å². The number of ether oxygens (including phenoxy) is 1. The van der Waals surface area contributed by atoms with E-state index in [1.54, 1.807) is 0 Å².